The van der Waals surface area contributed by atoms with Gasteiger partial charge in [0.1, 0.15) is 10.7 Å². The third-order valence-electron chi connectivity index (χ3n) is 5.05. The molecule has 5 nitrogen and oxygen atoms in total. The number of primary amides is 1. The molecule has 1 aliphatic rings. The van der Waals surface area contributed by atoms with E-state index in [9.17, 15) is 9.59 Å². The molecule has 3 N–H and O–H groups in total. The molecule has 0 fully saturated rings. The van der Waals surface area contributed by atoms with E-state index in [-0.39, 0.29) is 5.91 Å². The van der Waals surface area contributed by atoms with Gasteiger partial charge in [0.25, 0.3) is 11.8 Å². The number of amides is 2. The quantitative estimate of drug-likeness (QED) is 0.670. The molecule has 3 aromatic rings. The molecule has 0 aliphatic heterocycles. The van der Waals surface area contributed by atoms with E-state index in [0.717, 1.165) is 47.0 Å². The van der Waals surface area contributed by atoms with Crippen molar-refractivity contribution >= 4 is 39.1 Å². The predicted octanol–water partition coefficient (Wildman–Crippen LogP) is 4.16. The highest BCUT2D eigenvalue weighted by atomic mass is 32.1. The highest BCUT2D eigenvalue weighted by Gasteiger charge is 2.26. The van der Waals surface area contributed by atoms with Gasteiger partial charge < -0.3 is 11.1 Å². The van der Waals surface area contributed by atoms with E-state index in [1.54, 1.807) is 6.07 Å². The molecule has 1 aliphatic carbocycles. The Balaban J connectivity index is 1.67. The minimum absolute atomic E-state index is 0.320. The first-order chi connectivity index (χ1) is 13.0. The van der Waals surface area contributed by atoms with Gasteiger partial charge in [-0.1, -0.05) is 37.6 Å². The van der Waals surface area contributed by atoms with Gasteiger partial charge in [-0.3, -0.25) is 9.59 Å². The fourth-order valence-corrected chi connectivity index (χ4v) is 5.11. The van der Waals surface area contributed by atoms with Crippen LogP contribution in [0.15, 0.2) is 36.4 Å². The van der Waals surface area contributed by atoms with Gasteiger partial charge in [0.15, 0.2) is 0 Å². The summed E-state index contributed by atoms with van der Waals surface area (Å²) in [4.78, 5) is 30.5. The third kappa shape index (κ3) is 3.45. The van der Waals surface area contributed by atoms with Crippen LogP contribution in [0.25, 0.3) is 10.9 Å². The summed E-state index contributed by atoms with van der Waals surface area (Å²) < 4.78 is 0. The molecule has 0 spiro atoms. The zero-order chi connectivity index (χ0) is 19.0. The van der Waals surface area contributed by atoms with Crippen LogP contribution < -0.4 is 11.1 Å². The molecule has 0 saturated carbocycles. The van der Waals surface area contributed by atoms with E-state index in [1.165, 1.54) is 11.3 Å². The highest BCUT2D eigenvalue weighted by molar-refractivity contribution is 7.17. The molecule has 1 unspecified atom stereocenters. The van der Waals surface area contributed by atoms with Gasteiger partial charge in [-0.05, 0) is 42.9 Å². The summed E-state index contributed by atoms with van der Waals surface area (Å²) in [5.74, 6) is -0.243. The zero-order valence-corrected chi connectivity index (χ0v) is 15.9. The van der Waals surface area contributed by atoms with E-state index in [0.29, 0.717) is 22.2 Å². The number of thiophene rings is 1. The second-order valence-corrected chi connectivity index (χ2v) is 8.22. The SMILES string of the molecule is CC1CCCc2c(sc(NC(=O)c3ccc4ccccc4n3)c2C(N)=O)C1. The van der Waals surface area contributed by atoms with Gasteiger partial charge >= 0.3 is 0 Å². The summed E-state index contributed by atoms with van der Waals surface area (Å²) in [6.45, 7) is 2.22. The number of fused-ring (bicyclic) bond motifs is 2. The van der Waals surface area contributed by atoms with Crippen molar-refractivity contribution in [2.75, 3.05) is 5.32 Å². The molecule has 0 saturated heterocycles. The number of nitrogens with one attached hydrogen (secondary N) is 1. The Labute approximate surface area is 161 Å². The molecular formula is C21H21N3O2S. The van der Waals surface area contributed by atoms with Crippen molar-refractivity contribution in [1.82, 2.24) is 4.98 Å². The number of carbonyl (C=O) groups is 2. The minimum atomic E-state index is -0.483. The lowest BCUT2D eigenvalue weighted by atomic mass is 10.0. The normalized spacial score (nSPS) is 16.6. The van der Waals surface area contributed by atoms with Crippen molar-refractivity contribution in [2.24, 2.45) is 11.7 Å². The van der Waals surface area contributed by atoms with Crippen LogP contribution in [0.5, 0.6) is 0 Å². The van der Waals surface area contributed by atoms with Crippen molar-refractivity contribution in [1.29, 1.82) is 0 Å². The number of benzene rings is 1. The number of anilines is 1. The maximum atomic E-state index is 12.8. The lowest BCUT2D eigenvalue weighted by Crippen LogP contribution is -2.18. The van der Waals surface area contributed by atoms with E-state index >= 15 is 0 Å². The number of hydrogen-bond donors (Lipinski definition) is 2. The second-order valence-electron chi connectivity index (χ2n) is 7.12. The molecule has 1 aromatic carbocycles. The van der Waals surface area contributed by atoms with Crippen LogP contribution in [0.4, 0.5) is 5.00 Å². The zero-order valence-electron chi connectivity index (χ0n) is 15.1. The van der Waals surface area contributed by atoms with Crippen LogP contribution in [0.1, 0.15) is 51.1 Å². The van der Waals surface area contributed by atoms with E-state index in [1.807, 2.05) is 30.3 Å². The Morgan fingerprint density at radius 3 is 2.85 bits per heavy atom. The summed E-state index contributed by atoms with van der Waals surface area (Å²) in [6.07, 6.45) is 3.93. The van der Waals surface area contributed by atoms with Gasteiger partial charge in [0.05, 0.1) is 11.1 Å². The second kappa shape index (κ2) is 7.12. The van der Waals surface area contributed by atoms with Gasteiger partial charge in [0.2, 0.25) is 0 Å². The number of para-hydroxylation sites is 1. The maximum Gasteiger partial charge on any atom is 0.274 e. The number of nitrogens with two attached hydrogens (primary N) is 1. The van der Waals surface area contributed by atoms with Crippen molar-refractivity contribution < 1.29 is 9.59 Å². The number of nitrogens with zero attached hydrogens (tertiary/aromatic N) is 1. The number of hydrogen-bond acceptors (Lipinski definition) is 4. The molecule has 0 radical (unpaired) electrons. The van der Waals surface area contributed by atoms with Crippen LogP contribution in [0.3, 0.4) is 0 Å². The molecule has 27 heavy (non-hydrogen) atoms. The van der Waals surface area contributed by atoms with Crippen LogP contribution in [0, 0.1) is 5.92 Å². The summed E-state index contributed by atoms with van der Waals surface area (Å²) >= 11 is 1.47. The largest absolute Gasteiger partial charge is 0.365 e. The van der Waals surface area contributed by atoms with Crippen molar-refractivity contribution in [2.45, 2.75) is 32.6 Å². The average Bonchev–Trinajstić information content (AvgIpc) is 2.87. The highest BCUT2D eigenvalue weighted by Crippen LogP contribution is 2.38. The molecule has 1 atom stereocenters. The molecule has 4 rings (SSSR count). The topological polar surface area (TPSA) is 85.1 Å². The lowest BCUT2D eigenvalue weighted by Gasteiger charge is -2.07. The number of aromatic nitrogens is 1. The Morgan fingerprint density at radius 2 is 2.04 bits per heavy atom. The van der Waals surface area contributed by atoms with Gasteiger partial charge in [0, 0.05) is 10.3 Å². The molecule has 2 heterocycles. The smallest absolute Gasteiger partial charge is 0.274 e. The van der Waals surface area contributed by atoms with Gasteiger partial charge in [-0.25, -0.2) is 4.98 Å². The molecule has 6 heteroatoms. The van der Waals surface area contributed by atoms with Crippen molar-refractivity contribution in [3.05, 3.63) is 58.1 Å². The van der Waals surface area contributed by atoms with Crippen LogP contribution in [-0.2, 0) is 12.8 Å². The summed E-state index contributed by atoms with van der Waals surface area (Å²) in [7, 11) is 0. The molecule has 2 amide bonds. The number of pyridine rings is 1. The summed E-state index contributed by atoms with van der Waals surface area (Å²) in [5.41, 5.74) is 8.22. The van der Waals surface area contributed by atoms with Gasteiger partial charge in [-0.15, -0.1) is 11.3 Å². The van der Waals surface area contributed by atoms with Crippen molar-refractivity contribution in [3.63, 3.8) is 0 Å². The average molecular weight is 379 g/mol. The van der Waals surface area contributed by atoms with Crippen molar-refractivity contribution in [3.8, 4) is 0 Å². The number of carbonyl (C=O) groups excluding carboxylic acids is 2. The fraction of sp³-hybridized carbons (Fsp3) is 0.286. The summed E-state index contributed by atoms with van der Waals surface area (Å²) in [5, 5.41) is 4.40. The first-order valence-corrected chi connectivity index (χ1v) is 9.96. The predicted molar refractivity (Wildman–Crippen MR) is 108 cm³/mol. The minimum Gasteiger partial charge on any atom is -0.365 e. The van der Waals surface area contributed by atoms with Gasteiger partial charge in [-0.2, -0.15) is 0 Å². The van der Waals surface area contributed by atoms with E-state index in [4.69, 9.17) is 5.73 Å². The third-order valence-corrected chi connectivity index (χ3v) is 6.22. The molecule has 2 aromatic heterocycles. The van der Waals surface area contributed by atoms with Crippen LogP contribution in [0.2, 0.25) is 0 Å². The Hall–Kier alpha value is -2.73. The van der Waals surface area contributed by atoms with Crippen LogP contribution in [-0.4, -0.2) is 16.8 Å². The van der Waals surface area contributed by atoms with E-state index < -0.39 is 5.91 Å². The fourth-order valence-electron chi connectivity index (χ4n) is 3.70. The Morgan fingerprint density at radius 1 is 1.22 bits per heavy atom. The standard InChI is InChI=1S/C21H21N3O2S/c1-12-5-4-7-14-17(11-12)27-21(18(14)19(22)25)24-20(26)16-10-9-13-6-2-3-8-15(13)23-16/h2-3,6,8-10,12H,4-5,7,11H2,1H3,(H2,22,25)(H,24,26). The Bertz CT molecular complexity index is 1040. The molecule has 138 valence electrons. The number of rotatable bonds is 3. The van der Waals surface area contributed by atoms with Crippen LogP contribution >= 0.6 is 11.3 Å². The first kappa shape index (κ1) is 17.7. The summed E-state index contributed by atoms with van der Waals surface area (Å²) in [6, 6.07) is 11.2. The van der Waals surface area contributed by atoms with E-state index in [2.05, 4.69) is 17.2 Å². The first-order valence-electron chi connectivity index (χ1n) is 9.14. The molecular weight excluding hydrogens is 358 g/mol. The Kier molecular flexibility index (Phi) is 4.66. The maximum absolute atomic E-state index is 12.8. The molecule has 0 bridgehead atoms. The monoisotopic (exact) mass is 379 g/mol. The lowest BCUT2D eigenvalue weighted by molar-refractivity contribution is 0.100.